The average Bonchev–Trinajstić information content (AvgIpc) is 2.80. The molecule has 0 fully saturated rings. The van der Waals surface area contributed by atoms with Crippen molar-refractivity contribution in [1.29, 1.82) is 0 Å². The summed E-state index contributed by atoms with van der Waals surface area (Å²) in [4.78, 5) is 14.3. The molecule has 6 heteroatoms. The van der Waals surface area contributed by atoms with Crippen LogP contribution >= 0.6 is 34.5 Å². The zero-order valence-electron chi connectivity index (χ0n) is 10.9. The van der Waals surface area contributed by atoms with Crippen LogP contribution in [0.1, 0.15) is 9.75 Å². The number of nitrogens with one attached hydrogen (secondary N) is 2. The van der Waals surface area contributed by atoms with E-state index in [-0.39, 0.29) is 12.5 Å². The van der Waals surface area contributed by atoms with Gasteiger partial charge < -0.3 is 10.6 Å². The summed E-state index contributed by atoms with van der Waals surface area (Å²) in [6.07, 6.45) is 0. The van der Waals surface area contributed by atoms with E-state index in [4.69, 9.17) is 23.2 Å². The lowest BCUT2D eigenvalue weighted by molar-refractivity contribution is -0.115. The largest absolute Gasteiger partial charge is 0.322 e. The number of hydrogen-bond donors (Lipinski definition) is 2. The summed E-state index contributed by atoms with van der Waals surface area (Å²) in [5.41, 5.74) is 0.453. The first-order chi connectivity index (χ1) is 9.56. The number of anilines is 1. The summed E-state index contributed by atoms with van der Waals surface area (Å²) in [6.45, 7) is 2.93. The molecule has 0 unspecified atom stereocenters. The van der Waals surface area contributed by atoms with Gasteiger partial charge in [0, 0.05) is 16.3 Å². The third kappa shape index (κ3) is 4.21. The van der Waals surface area contributed by atoms with Gasteiger partial charge in [0.1, 0.15) is 0 Å². The second-order valence-corrected chi connectivity index (χ2v) is 6.45. The van der Waals surface area contributed by atoms with Crippen molar-refractivity contribution in [2.24, 2.45) is 0 Å². The van der Waals surface area contributed by atoms with Gasteiger partial charge in [-0.05, 0) is 31.2 Å². The molecule has 1 amide bonds. The topological polar surface area (TPSA) is 41.1 Å². The zero-order valence-corrected chi connectivity index (χ0v) is 13.2. The van der Waals surface area contributed by atoms with Crippen LogP contribution in [0.3, 0.4) is 0 Å². The first-order valence-corrected chi connectivity index (χ1v) is 7.63. The number of carbonyl (C=O) groups excluding carboxylic acids is 1. The Kier molecular flexibility index (Phi) is 5.43. The van der Waals surface area contributed by atoms with Gasteiger partial charge in [-0.25, -0.2) is 0 Å². The quantitative estimate of drug-likeness (QED) is 0.867. The van der Waals surface area contributed by atoms with Gasteiger partial charge in [-0.1, -0.05) is 29.3 Å². The van der Waals surface area contributed by atoms with Crippen LogP contribution in [0.25, 0.3) is 0 Å². The molecular formula is C14H14Cl2N2OS. The number of halogens is 2. The summed E-state index contributed by atoms with van der Waals surface area (Å²) in [7, 11) is 0. The third-order valence-electron chi connectivity index (χ3n) is 2.61. The Hall–Kier alpha value is -1.07. The highest BCUT2D eigenvalue weighted by atomic mass is 35.5. The van der Waals surface area contributed by atoms with Crippen LogP contribution in [0.2, 0.25) is 10.0 Å². The first-order valence-electron chi connectivity index (χ1n) is 6.06. The summed E-state index contributed by atoms with van der Waals surface area (Å²) in [5.74, 6) is -0.173. The molecule has 20 heavy (non-hydrogen) atoms. The van der Waals surface area contributed by atoms with Crippen molar-refractivity contribution in [3.63, 3.8) is 0 Å². The molecule has 2 rings (SSSR count). The van der Waals surface area contributed by atoms with Gasteiger partial charge in [-0.2, -0.15) is 0 Å². The molecule has 0 atom stereocenters. The highest BCUT2D eigenvalue weighted by Crippen LogP contribution is 2.29. The number of amides is 1. The van der Waals surface area contributed by atoms with E-state index < -0.39 is 0 Å². The van der Waals surface area contributed by atoms with E-state index >= 15 is 0 Å². The first kappa shape index (κ1) is 15.3. The number of rotatable bonds is 5. The highest BCUT2D eigenvalue weighted by molar-refractivity contribution is 7.11. The minimum Gasteiger partial charge on any atom is -0.322 e. The molecule has 0 saturated carbocycles. The normalized spacial score (nSPS) is 10.6. The Balaban J connectivity index is 1.84. The molecule has 0 aliphatic rings. The minimum atomic E-state index is -0.173. The van der Waals surface area contributed by atoms with E-state index in [1.54, 1.807) is 29.5 Å². The van der Waals surface area contributed by atoms with Gasteiger partial charge in [0.15, 0.2) is 0 Å². The fraction of sp³-hybridized carbons (Fsp3) is 0.214. The molecule has 1 aromatic heterocycles. The van der Waals surface area contributed by atoms with Gasteiger partial charge in [0.2, 0.25) is 5.91 Å². The van der Waals surface area contributed by atoms with Crippen molar-refractivity contribution in [3.8, 4) is 0 Å². The molecule has 2 N–H and O–H groups in total. The van der Waals surface area contributed by atoms with E-state index in [2.05, 4.69) is 29.7 Å². The third-order valence-corrected chi connectivity index (χ3v) is 4.24. The van der Waals surface area contributed by atoms with Crippen molar-refractivity contribution in [2.45, 2.75) is 13.5 Å². The van der Waals surface area contributed by atoms with Crippen molar-refractivity contribution in [3.05, 3.63) is 50.1 Å². The van der Waals surface area contributed by atoms with E-state index in [1.165, 1.54) is 9.75 Å². The highest BCUT2D eigenvalue weighted by Gasteiger charge is 2.09. The standard InChI is InChI=1S/C14H14Cl2N2OS/c1-9-5-6-10(20-9)7-17-8-13(19)18-14-11(15)3-2-4-12(14)16/h2-6,17H,7-8H2,1H3,(H,18,19). The molecule has 0 aliphatic heterocycles. The SMILES string of the molecule is Cc1ccc(CNCC(=O)Nc2c(Cl)cccc2Cl)s1. The zero-order chi connectivity index (χ0) is 14.5. The van der Waals surface area contributed by atoms with Crippen LogP contribution in [0.5, 0.6) is 0 Å². The maximum Gasteiger partial charge on any atom is 0.238 e. The number of thiophene rings is 1. The van der Waals surface area contributed by atoms with E-state index in [1.807, 2.05) is 0 Å². The molecule has 2 aromatic rings. The smallest absolute Gasteiger partial charge is 0.238 e. The molecule has 0 spiro atoms. The number of para-hydroxylation sites is 1. The number of aryl methyl sites for hydroxylation is 1. The number of carbonyl (C=O) groups is 1. The second-order valence-electron chi connectivity index (χ2n) is 4.26. The molecule has 3 nitrogen and oxygen atoms in total. The van der Waals surface area contributed by atoms with Crippen LogP contribution in [-0.2, 0) is 11.3 Å². The van der Waals surface area contributed by atoms with Crippen LogP contribution in [-0.4, -0.2) is 12.5 Å². The molecule has 0 aliphatic carbocycles. The van der Waals surface area contributed by atoms with E-state index in [9.17, 15) is 4.79 Å². The van der Waals surface area contributed by atoms with Gasteiger partial charge in [0.25, 0.3) is 0 Å². The lowest BCUT2D eigenvalue weighted by atomic mass is 10.3. The monoisotopic (exact) mass is 328 g/mol. The van der Waals surface area contributed by atoms with Gasteiger partial charge in [-0.15, -0.1) is 11.3 Å². The summed E-state index contributed by atoms with van der Waals surface area (Å²) in [5, 5.41) is 6.65. The maximum atomic E-state index is 11.8. The van der Waals surface area contributed by atoms with Crippen LogP contribution < -0.4 is 10.6 Å². The molecule has 0 bridgehead atoms. The van der Waals surface area contributed by atoms with Crippen LogP contribution in [0, 0.1) is 6.92 Å². The Morgan fingerprint density at radius 3 is 2.50 bits per heavy atom. The van der Waals surface area contributed by atoms with E-state index in [0.717, 1.165) is 0 Å². The Bertz CT molecular complexity index is 593. The van der Waals surface area contributed by atoms with Crippen LogP contribution in [0.15, 0.2) is 30.3 Å². The molecule has 1 aromatic carbocycles. The Morgan fingerprint density at radius 2 is 1.90 bits per heavy atom. The predicted molar refractivity (Wildman–Crippen MR) is 85.9 cm³/mol. The number of benzene rings is 1. The summed E-state index contributed by atoms with van der Waals surface area (Å²) in [6, 6.07) is 9.22. The molecule has 106 valence electrons. The van der Waals surface area contributed by atoms with Crippen molar-refractivity contribution < 1.29 is 4.79 Å². The Labute approximate surface area is 131 Å². The second kappa shape index (κ2) is 7.09. The number of hydrogen-bond acceptors (Lipinski definition) is 3. The summed E-state index contributed by atoms with van der Waals surface area (Å²) < 4.78 is 0. The van der Waals surface area contributed by atoms with Gasteiger partial charge in [-0.3, -0.25) is 4.79 Å². The lowest BCUT2D eigenvalue weighted by Crippen LogP contribution is -2.27. The maximum absolute atomic E-state index is 11.8. The Morgan fingerprint density at radius 1 is 1.20 bits per heavy atom. The lowest BCUT2D eigenvalue weighted by Gasteiger charge is -2.09. The van der Waals surface area contributed by atoms with Crippen molar-refractivity contribution in [1.82, 2.24) is 5.32 Å². The van der Waals surface area contributed by atoms with Gasteiger partial charge in [0.05, 0.1) is 22.3 Å². The fourth-order valence-corrected chi connectivity index (χ4v) is 3.03. The molecular weight excluding hydrogens is 315 g/mol. The van der Waals surface area contributed by atoms with Crippen molar-refractivity contribution in [2.75, 3.05) is 11.9 Å². The molecule has 1 heterocycles. The fourth-order valence-electron chi connectivity index (χ4n) is 1.68. The minimum absolute atomic E-state index is 0.173. The average molecular weight is 329 g/mol. The van der Waals surface area contributed by atoms with Crippen LogP contribution in [0.4, 0.5) is 5.69 Å². The van der Waals surface area contributed by atoms with Gasteiger partial charge >= 0.3 is 0 Å². The summed E-state index contributed by atoms with van der Waals surface area (Å²) >= 11 is 13.7. The molecule has 0 radical (unpaired) electrons. The molecule has 0 saturated heterocycles. The van der Waals surface area contributed by atoms with E-state index in [0.29, 0.717) is 22.3 Å². The van der Waals surface area contributed by atoms with Crippen molar-refractivity contribution >= 4 is 46.1 Å². The predicted octanol–water partition coefficient (Wildman–Crippen LogP) is 4.09.